The lowest BCUT2D eigenvalue weighted by Crippen LogP contribution is -2.54. The molecule has 0 spiro atoms. The molecule has 2 fully saturated rings. The van der Waals surface area contributed by atoms with Gasteiger partial charge in [-0.15, -0.1) is 0 Å². The molecule has 0 bridgehead atoms. The number of likely N-dealkylation sites (N-methyl/N-ethyl adjacent to an activating group) is 1. The fraction of sp³-hybridized carbons (Fsp3) is 0.727. The quantitative estimate of drug-likeness (QED) is 0.531. The van der Waals surface area contributed by atoms with Crippen LogP contribution >= 0.6 is 0 Å². The molecule has 0 aliphatic carbocycles. The van der Waals surface area contributed by atoms with E-state index in [0.29, 0.717) is 24.8 Å². The van der Waals surface area contributed by atoms with Gasteiger partial charge in [-0.2, -0.15) is 0 Å². The lowest BCUT2D eigenvalue weighted by molar-refractivity contribution is 0.0657. The highest BCUT2D eigenvalue weighted by Crippen LogP contribution is 2.10. The van der Waals surface area contributed by atoms with Gasteiger partial charge in [-0.25, -0.2) is 0 Å². The van der Waals surface area contributed by atoms with E-state index in [1.165, 1.54) is 13.1 Å². The van der Waals surface area contributed by atoms with Gasteiger partial charge in [0.2, 0.25) is 0 Å². The number of aliphatic imine (C=N–C) groups is 1. The molecule has 1 atom stereocenters. The number of rotatable bonds is 7. The Kier molecular flexibility index (Phi) is 8.57. The predicted molar refractivity (Wildman–Crippen MR) is 120 cm³/mol. The number of amides is 1. The molecule has 0 radical (unpaired) electrons. The molecular formula is C22H38N6O2. The Morgan fingerprint density at radius 1 is 1.07 bits per heavy atom. The average Bonchev–Trinajstić information content (AvgIpc) is 3.32. The summed E-state index contributed by atoms with van der Waals surface area (Å²) in [5, 5.41) is 3.43. The van der Waals surface area contributed by atoms with Gasteiger partial charge < -0.3 is 29.3 Å². The third-order valence-corrected chi connectivity index (χ3v) is 5.97. The van der Waals surface area contributed by atoms with Gasteiger partial charge >= 0.3 is 0 Å². The minimum atomic E-state index is -0.0293. The summed E-state index contributed by atoms with van der Waals surface area (Å²) in [6, 6.07) is 3.48. The van der Waals surface area contributed by atoms with Crippen LogP contribution in [0.3, 0.4) is 0 Å². The first-order valence-corrected chi connectivity index (χ1v) is 11.4. The Bertz CT molecular complexity index is 661. The van der Waals surface area contributed by atoms with Crippen LogP contribution in [-0.2, 0) is 0 Å². The molecule has 1 amide bonds. The van der Waals surface area contributed by atoms with E-state index in [9.17, 15) is 4.79 Å². The summed E-state index contributed by atoms with van der Waals surface area (Å²) in [5.41, 5.74) is 0. The van der Waals surface area contributed by atoms with Gasteiger partial charge in [-0.05, 0) is 31.5 Å². The van der Waals surface area contributed by atoms with Crippen molar-refractivity contribution in [3.05, 3.63) is 24.2 Å². The molecule has 1 aromatic rings. The Morgan fingerprint density at radius 3 is 2.33 bits per heavy atom. The Hall–Kier alpha value is -2.06. The summed E-state index contributed by atoms with van der Waals surface area (Å²) in [4.78, 5) is 26.6. The van der Waals surface area contributed by atoms with E-state index in [1.54, 1.807) is 18.4 Å². The molecule has 3 rings (SSSR count). The number of furan rings is 1. The zero-order valence-electron chi connectivity index (χ0n) is 18.8. The van der Waals surface area contributed by atoms with E-state index in [0.717, 1.165) is 58.3 Å². The molecule has 1 N–H and O–H groups in total. The summed E-state index contributed by atoms with van der Waals surface area (Å²) in [6.07, 6.45) is 1.55. The lowest BCUT2D eigenvalue weighted by atomic mass is 10.1. The zero-order chi connectivity index (χ0) is 21.3. The van der Waals surface area contributed by atoms with Gasteiger partial charge in [0.05, 0.1) is 6.26 Å². The van der Waals surface area contributed by atoms with Gasteiger partial charge in [-0.1, -0.05) is 13.8 Å². The van der Waals surface area contributed by atoms with Gasteiger partial charge in [0.1, 0.15) is 0 Å². The molecule has 30 heavy (non-hydrogen) atoms. The maximum Gasteiger partial charge on any atom is 0.289 e. The summed E-state index contributed by atoms with van der Waals surface area (Å²) in [7, 11) is 0. The van der Waals surface area contributed by atoms with Crippen LogP contribution in [0.2, 0.25) is 0 Å². The number of guanidine groups is 1. The molecule has 1 unspecified atom stereocenters. The van der Waals surface area contributed by atoms with Crippen LogP contribution in [0.25, 0.3) is 0 Å². The normalized spacial score (nSPS) is 20.4. The largest absolute Gasteiger partial charge is 0.459 e. The minimum Gasteiger partial charge on any atom is -0.459 e. The van der Waals surface area contributed by atoms with E-state index < -0.39 is 0 Å². The minimum absolute atomic E-state index is 0.0293. The van der Waals surface area contributed by atoms with Crippen LogP contribution in [0, 0.1) is 5.92 Å². The smallest absolute Gasteiger partial charge is 0.289 e. The van der Waals surface area contributed by atoms with Crippen molar-refractivity contribution < 1.29 is 9.21 Å². The number of carbonyl (C=O) groups excluding carboxylic acids is 1. The summed E-state index contributed by atoms with van der Waals surface area (Å²) >= 11 is 0. The van der Waals surface area contributed by atoms with E-state index in [4.69, 9.17) is 9.41 Å². The SMILES string of the molecule is CCNC(=NCC(C)CN1CCN(CC)CC1)N1CCN(C(=O)c2ccco2)CC1. The number of nitrogens with one attached hydrogen (secondary N) is 1. The van der Waals surface area contributed by atoms with E-state index >= 15 is 0 Å². The Morgan fingerprint density at radius 2 is 1.73 bits per heavy atom. The van der Waals surface area contributed by atoms with E-state index in [2.05, 4.69) is 40.8 Å². The Labute approximate surface area is 180 Å². The highest BCUT2D eigenvalue weighted by Gasteiger charge is 2.25. The maximum atomic E-state index is 12.5. The molecule has 0 aromatic carbocycles. The molecule has 3 heterocycles. The molecule has 1 aromatic heterocycles. The van der Waals surface area contributed by atoms with Gasteiger partial charge in [0, 0.05) is 72.0 Å². The van der Waals surface area contributed by atoms with Crippen molar-refractivity contribution in [2.45, 2.75) is 20.8 Å². The topological polar surface area (TPSA) is 67.6 Å². The third kappa shape index (κ3) is 6.22. The molecule has 2 aliphatic heterocycles. The standard InChI is InChI=1S/C22H38N6O2/c1-4-23-22(24-17-19(3)18-26-10-8-25(5-2)9-11-26)28-14-12-27(13-15-28)21(29)20-7-6-16-30-20/h6-7,16,19H,4-5,8-15,17-18H2,1-3H3,(H,23,24). The van der Waals surface area contributed by atoms with Gasteiger partial charge in [-0.3, -0.25) is 9.79 Å². The van der Waals surface area contributed by atoms with Crippen molar-refractivity contribution in [2.24, 2.45) is 10.9 Å². The third-order valence-electron chi connectivity index (χ3n) is 5.97. The number of hydrogen-bond donors (Lipinski definition) is 1. The van der Waals surface area contributed by atoms with Gasteiger partial charge in [0.15, 0.2) is 11.7 Å². The van der Waals surface area contributed by atoms with Crippen LogP contribution in [0.1, 0.15) is 31.3 Å². The number of carbonyl (C=O) groups is 1. The predicted octanol–water partition coefficient (Wildman–Crippen LogP) is 1.28. The molecule has 168 valence electrons. The number of piperazine rings is 2. The van der Waals surface area contributed by atoms with E-state index in [1.807, 2.05) is 4.90 Å². The second-order valence-electron chi connectivity index (χ2n) is 8.29. The second kappa shape index (κ2) is 11.4. The van der Waals surface area contributed by atoms with E-state index in [-0.39, 0.29) is 5.91 Å². The molecule has 0 saturated carbocycles. The second-order valence-corrected chi connectivity index (χ2v) is 8.29. The lowest BCUT2D eigenvalue weighted by Gasteiger charge is -2.36. The van der Waals surface area contributed by atoms with Crippen LogP contribution in [-0.4, -0.2) is 110 Å². The summed E-state index contributed by atoms with van der Waals surface area (Å²) in [5.74, 6) is 1.87. The summed E-state index contributed by atoms with van der Waals surface area (Å²) < 4.78 is 5.25. The highest BCUT2D eigenvalue weighted by molar-refractivity contribution is 5.91. The zero-order valence-corrected chi connectivity index (χ0v) is 18.8. The summed E-state index contributed by atoms with van der Waals surface area (Å²) in [6.45, 7) is 18.2. The first-order valence-electron chi connectivity index (χ1n) is 11.4. The highest BCUT2D eigenvalue weighted by atomic mass is 16.3. The molecule has 2 aliphatic rings. The van der Waals surface area contributed by atoms with Crippen molar-refractivity contribution in [3.63, 3.8) is 0 Å². The fourth-order valence-corrected chi connectivity index (χ4v) is 4.13. The first-order chi connectivity index (χ1) is 14.6. The van der Waals surface area contributed by atoms with Crippen molar-refractivity contribution in [1.29, 1.82) is 0 Å². The van der Waals surface area contributed by atoms with Crippen molar-refractivity contribution in [2.75, 3.05) is 78.5 Å². The maximum absolute atomic E-state index is 12.5. The first kappa shape index (κ1) is 22.6. The molecule has 2 saturated heterocycles. The number of nitrogens with zero attached hydrogens (tertiary/aromatic N) is 5. The fourth-order valence-electron chi connectivity index (χ4n) is 4.13. The molecular weight excluding hydrogens is 380 g/mol. The Balaban J connectivity index is 1.46. The van der Waals surface area contributed by atoms with Crippen molar-refractivity contribution >= 4 is 11.9 Å². The molecule has 8 nitrogen and oxygen atoms in total. The van der Waals surface area contributed by atoms with Crippen molar-refractivity contribution in [3.8, 4) is 0 Å². The number of hydrogen-bond acceptors (Lipinski definition) is 5. The van der Waals surface area contributed by atoms with Gasteiger partial charge in [0.25, 0.3) is 5.91 Å². The van der Waals surface area contributed by atoms with Crippen LogP contribution in [0.4, 0.5) is 0 Å². The monoisotopic (exact) mass is 418 g/mol. The van der Waals surface area contributed by atoms with Crippen molar-refractivity contribution in [1.82, 2.24) is 24.9 Å². The van der Waals surface area contributed by atoms with Crippen LogP contribution in [0.5, 0.6) is 0 Å². The molecule has 8 heteroatoms. The average molecular weight is 419 g/mol. The van der Waals surface area contributed by atoms with Crippen LogP contribution < -0.4 is 5.32 Å². The van der Waals surface area contributed by atoms with Crippen LogP contribution in [0.15, 0.2) is 27.8 Å².